The fourth-order valence-electron chi connectivity index (χ4n) is 1.03. The first kappa shape index (κ1) is 13.9. The summed E-state index contributed by atoms with van der Waals surface area (Å²) in [7, 11) is -2.13. The Morgan fingerprint density at radius 2 is 2.18 bits per heavy atom. The van der Waals surface area contributed by atoms with Crippen LogP contribution < -0.4 is 10.5 Å². The van der Waals surface area contributed by atoms with Gasteiger partial charge in [-0.2, -0.15) is 0 Å². The summed E-state index contributed by atoms with van der Waals surface area (Å²) in [6.07, 6.45) is 2.66. The standard InChI is InChI=1S/C10H17N3O3S/c1-10(2,16-3)7-13-17(14,15)9-6-12-5-4-8(9)11/h4-6,13H,7H2,1-3H3,(H2,11,12). The van der Waals surface area contributed by atoms with Gasteiger partial charge in [-0.1, -0.05) is 0 Å². The summed E-state index contributed by atoms with van der Waals surface area (Å²) in [6, 6.07) is 1.44. The second-order valence-corrected chi connectivity index (χ2v) is 5.94. The van der Waals surface area contributed by atoms with Gasteiger partial charge in [-0.15, -0.1) is 0 Å². The van der Waals surface area contributed by atoms with Crippen molar-refractivity contribution in [2.24, 2.45) is 0 Å². The number of nitrogens with two attached hydrogens (primary N) is 1. The van der Waals surface area contributed by atoms with Crippen LogP contribution in [0.3, 0.4) is 0 Å². The molecule has 1 rings (SSSR count). The lowest BCUT2D eigenvalue weighted by atomic mass is 10.1. The normalized spacial score (nSPS) is 12.6. The maximum Gasteiger partial charge on any atom is 0.244 e. The third kappa shape index (κ3) is 3.65. The first-order chi connectivity index (χ1) is 7.78. The van der Waals surface area contributed by atoms with Gasteiger partial charge in [-0.3, -0.25) is 4.98 Å². The Labute approximate surface area is 101 Å². The highest BCUT2D eigenvalue weighted by Gasteiger charge is 2.23. The van der Waals surface area contributed by atoms with Crippen LogP contribution in [-0.2, 0) is 14.8 Å². The molecular weight excluding hydrogens is 242 g/mol. The minimum absolute atomic E-state index is 0.0214. The minimum atomic E-state index is -3.65. The van der Waals surface area contributed by atoms with Crippen molar-refractivity contribution in [3.05, 3.63) is 18.5 Å². The average Bonchev–Trinajstić information content (AvgIpc) is 2.27. The lowest BCUT2D eigenvalue weighted by molar-refractivity contribution is 0.0276. The number of hydrogen-bond acceptors (Lipinski definition) is 5. The van der Waals surface area contributed by atoms with Gasteiger partial charge < -0.3 is 10.5 Å². The Morgan fingerprint density at radius 1 is 1.53 bits per heavy atom. The summed E-state index contributed by atoms with van der Waals surface area (Å²) in [6.45, 7) is 3.71. The van der Waals surface area contributed by atoms with Crippen LogP contribution in [0.1, 0.15) is 13.8 Å². The fourth-order valence-corrected chi connectivity index (χ4v) is 2.31. The van der Waals surface area contributed by atoms with Crippen molar-refractivity contribution in [1.29, 1.82) is 0 Å². The lowest BCUT2D eigenvalue weighted by Gasteiger charge is -2.23. The number of nitrogens with one attached hydrogen (secondary N) is 1. The monoisotopic (exact) mass is 259 g/mol. The maximum atomic E-state index is 11.9. The summed E-state index contributed by atoms with van der Waals surface area (Å²) < 4.78 is 31.4. The van der Waals surface area contributed by atoms with E-state index in [1.807, 2.05) is 0 Å². The molecule has 17 heavy (non-hydrogen) atoms. The van der Waals surface area contributed by atoms with Crippen LogP contribution >= 0.6 is 0 Å². The third-order valence-corrected chi connectivity index (χ3v) is 3.79. The number of ether oxygens (including phenoxy) is 1. The van der Waals surface area contributed by atoms with Crippen LogP contribution in [0.25, 0.3) is 0 Å². The third-order valence-electron chi connectivity index (χ3n) is 2.35. The van der Waals surface area contributed by atoms with Crippen molar-refractivity contribution in [3.8, 4) is 0 Å². The van der Waals surface area contributed by atoms with Gasteiger partial charge in [0.15, 0.2) is 0 Å². The molecule has 0 unspecified atom stereocenters. The van der Waals surface area contributed by atoms with E-state index in [0.717, 1.165) is 0 Å². The second-order valence-electron chi connectivity index (χ2n) is 4.20. The molecule has 0 aliphatic rings. The molecule has 1 aromatic heterocycles. The van der Waals surface area contributed by atoms with Crippen LogP contribution in [-0.4, -0.2) is 32.7 Å². The van der Waals surface area contributed by atoms with Crippen molar-refractivity contribution in [1.82, 2.24) is 9.71 Å². The van der Waals surface area contributed by atoms with E-state index in [4.69, 9.17) is 10.5 Å². The molecule has 0 spiro atoms. The topological polar surface area (TPSA) is 94.3 Å². The Morgan fingerprint density at radius 3 is 2.71 bits per heavy atom. The molecule has 7 heteroatoms. The summed E-state index contributed by atoms with van der Waals surface area (Å²) in [5.41, 5.74) is 5.18. The van der Waals surface area contributed by atoms with Gasteiger partial charge >= 0.3 is 0 Å². The van der Waals surface area contributed by atoms with E-state index in [0.29, 0.717) is 0 Å². The summed E-state index contributed by atoms with van der Waals surface area (Å²) in [5.74, 6) is 0. The number of nitrogen functional groups attached to an aromatic ring is 1. The number of sulfonamides is 1. The Balaban J connectivity index is 2.88. The van der Waals surface area contributed by atoms with Crippen LogP contribution in [0.5, 0.6) is 0 Å². The molecule has 1 aromatic rings. The van der Waals surface area contributed by atoms with Crippen LogP contribution in [0.4, 0.5) is 5.69 Å². The van der Waals surface area contributed by atoms with Gasteiger partial charge in [0.2, 0.25) is 10.0 Å². The van der Waals surface area contributed by atoms with Crippen molar-refractivity contribution < 1.29 is 13.2 Å². The van der Waals surface area contributed by atoms with Crippen molar-refractivity contribution in [2.45, 2.75) is 24.3 Å². The van der Waals surface area contributed by atoms with Gasteiger partial charge in [0.1, 0.15) is 4.90 Å². The molecule has 0 aromatic carbocycles. The highest BCUT2D eigenvalue weighted by Crippen LogP contribution is 2.16. The molecule has 0 fully saturated rings. The molecular formula is C10H17N3O3S. The molecule has 0 atom stereocenters. The molecule has 96 valence electrons. The quantitative estimate of drug-likeness (QED) is 0.796. The van der Waals surface area contributed by atoms with Gasteiger partial charge in [-0.05, 0) is 19.9 Å². The molecule has 0 bridgehead atoms. The number of hydrogen-bond donors (Lipinski definition) is 2. The highest BCUT2D eigenvalue weighted by atomic mass is 32.2. The van der Waals surface area contributed by atoms with E-state index >= 15 is 0 Å². The van der Waals surface area contributed by atoms with E-state index in [1.54, 1.807) is 13.8 Å². The van der Waals surface area contributed by atoms with Crippen molar-refractivity contribution in [2.75, 3.05) is 19.4 Å². The molecule has 0 aliphatic heterocycles. The second kappa shape index (κ2) is 4.99. The molecule has 1 heterocycles. The Hall–Kier alpha value is -1.18. The van der Waals surface area contributed by atoms with Crippen molar-refractivity contribution in [3.63, 3.8) is 0 Å². The Kier molecular flexibility index (Phi) is 4.07. The molecule has 6 nitrogen and oxygen atoms in total. The SMILES string of the molecule is COC(C)(C)CNS(=O)(=O)c1cnccc1N. The van der Waals surface area contributed by atoms with Gasteiger partial charge in [0.25, 0.3) is 0 Å². The number of aromatic nitrogens is 1. The molecule has 0 aliphatic carbocycles. The molecule has 0 saturated carbocycles. The van der Waals surface area contributed by atoms with E-state index in [2.05, 4.69) is 9.71 Å². The zero-order chi connectivity index (χ0) is 13.1. The van der Waals surface area contributed by atoms with E-state index in [1.165, 1.54) is 25.6 Å². The number of anilines is 1. The fraction of sp³-hybridized carbons (Fsp3) is 0.500. The largest absolute Gasteiger partial charge is 0.398 e. The van der Waals surface area contributed by atoms with E-state index in [-0.39, 0.29) is 17.1 Å². The molecule has 3 N–H and O–H groups in total. The lowest BCUT2D eigenvalue weighted by Crippen LogP contribution is -2.39. The van der Waals surface area contributed by atoms with E-state index < -0.39 is 15.6 Å². The van der Waals surface area contributed by atoms with E-state index in [9.17, 15) is 8.42 Å². The zero-order valence-corrected chi connectivity index (χ0v) is 10.9. The number of pyridine rings is 1. The van der Waals surface area contributed by atoms with Gasteiger partial charge in [0, 0.05) is 26.0 Å². The smallest absolute Gasteiger partial charge is 0.244 e. The summed E-state index contributed by atoms with van der Waals surface area (Å²) in [4.78, 5) is 3.72. The van der Waals surface area contributed by atoms with Crippen LogP contribution in [0.2, 0.25) is 0 Å². The predicted molar refractivity (Wildman–Crippen MR) is 64.9 cm³/mol. The number of rotatable bonds is 5. The summed E-state index contributed by atoms with van der Waals surface area (Å²) >= 11 is 0. The molecule has 0 radical (unpaired) electrons. The zero-order valence-electron chi connectivity index (χ0n) is 10.1. The first-order valence-corrected chi connectivity index (χ1v) is 6.51. The van der Waals surface area contributed by atoms with Gasteiger partial charge in [0.05, 0.1) is 11.3 Å². The van der Waals surface area contributed by atoms with Gasteiger partial charge in [-0.25, -0.2) is 13.1 Å². The molecule has 0 saturated heterocycles. The number of methoxy groups -OCH3 is 1. The van der Waals surface area contributed by atoms with Crippen LogP contribution in [0, 0.1) is 0 Å². The number of nitrogens with zero attached hydrogens (tertiary/aromatic N) is 1. The average molecular weight is 259 g/mol. The highest BCUT2D eigenvalue weighted by molar-refractivity contribution is 7.89. The predicted octanol–water partition coefficient (Wildman–Crippen LogP) is 0.367. The summed E-state index contributed by atoms with van der Waals surface area (Å²) in [5, 5.41) is 0. The van der Waals surface area contributed by atoms with Crippen LogP contribution in [0.15, 0.2) is 23.4 Å². The maximum absolute atomic E-state index is 11.9. The van der Waals surface area contributed by atoms with Crippen molar-refractivity contribution >= 4 is 15.7 Å². The first-order valence-electron chi connectivity index (χ1n) is 5.03. The Bertz CT molecular complexity index is 485. The molecule has 0 amide bonds. The minimum Gasteiger partial charge on any atom is -0.398 e.